The molecule has 1 atom stereocenters. The second-order valence-electron chi connectivity index (χ2n) is 5.83. The van der Waals surface area contributed by atoms with E-state index in [0.29, 0.717) is 11.4 Å². The van der Waals surface area contributed by atoms with Gasteiger partial charge in [-0.05, 0) is 42.8 Å². The zero-order valence-corrected chi connectivity index (χ0v) is 14.0. The summed E-state index contributed by atoms with van der Waals surface area (Å²) in [5, 5.41) is 8.43. The normalized spacial score (nSPS) is 11.7. The van der Waals surface area contributed by atoms with Gasteiger partial charge in [0.05, 0.1) is 6.04 Å². The molecule has 2 aromatic rings. The molecule has 2 rings (SSSR count). The van der Waals surface area contributed by atoms with Crippen LogP contribution in [-0.2, 0) is 4.79 Å². The van der Waals surface area contributed by atoms with E-state index in [9.17, 15) is 9.59 Å². The lowest BCUT2D eigenvalue weighted by atomic mass is 10.1. The molecule has 24 heavy (non-hydrogen) atoms. The van der Waals surface area contributed by atoms with Gasteiger partial charge in [-0.2, -0.15) is 0 Å². The lowest BCUT2D eigenvalue weighted by Crippen LogP contribution is -2.31. The molecule has 3 amide bonds. The number of hydrogen-bond acceptors (Lipinski definition) is 3. The highest BCUT2D eigenvalue weighted by Crippen LogP contribution is 2.16. The summed E-state index contributed by atoms with van der Waals surface area (Å²) in [5.74, 6) is -0.172. The van der Waals surface area contributed by atoms with Gasteiger partial charge in [-0.25, -0.2) is 4.79 Å². The number of aromatic nitrogens is 1. The SMILES string of the molecule is CC(C)C(=O)Nc1cccc(NC(=O)NC(C)c2ccncc2)c1. The number of urea groups is 1. The summed E-state index contributed by atoms with van der Waals surface area (Å²) in [6.45, 7) is 5.55. The van der Waals surface area contributed by atoms with E-state index < -0.39 is 0 Å². The number of rotatable bonds is 5. The third kappa shape index (κ3) is 5.08. The molecular weight excluding hydrogens is 304 g/mol. The molecule has 0 saturated heterocycles. The lowest BCUT2D eigenvalue weighted by Gasteiger charge is -2.15. The van der Waals surface area contributed by atoms with E-state index in [1.54, 1.807) is 36.7 Å². The molecule has 1 aromatic carbocycles. The summed E-state index contributed by atoms with van der Waals surface area (Å²) in [7, 11) is 0. The number of nitrogens with one attached hydrogen (secondary N) is 3. The monoisotopic (exact) mass is 326 g/mol. The third-order valence-corrected chi connectivity index (χ3v) is 3.47. The summed E-state index contributed by atoms with van der Waals surface area (Å²) >= 11 is 0. The highest BCUT2D eigenvalue weighted by molar-refractivity contribution is 5.94. The lowest BCUT2D eigenvalue weighted by molar-refractivity contribution is -0.118. The third-order valence-electron chi connectivity index (χ3n) is 3.47. The Bertz CT molecular complexity index is 701. The van der Waals surface area contributed by atoms with Gasteiger partial charge in [0.25, 0.3) is 0 Å². The molecule has 0 saturated carbocycles. The van der Waals surface area contributed by atoms with Crippen molar-refractivity contribution in [2.75, 3.05) is 10.6 Å². The smallest absolute Gasteiger partial charge is 0.319 e. The van der Waals surface area contributed by atoms with Crippen molar-refractivity contribution < 1.29 is 9.59 Å². The molecule has 3 N–H and O–H groups in total. The van der Waals surface area contributed by atoms with E-state index in [1.165, 1.54) is 0 Å². The Labute approximate surface area is 141 Å². The van der Waals surface area contributed by atoms with Gasteiger partial charge >= 0.3 is 6.03 Å². The van der Waals surface area contributed by atoms with Gasteiger partial charge in [0, 0.05) is 29.7 Å². The van der Waals surface area contributed by atoms with Crippen LogP contribution in [0.4, 0.5) is 16.2 Å². The number of carbonyl (C=O) groups excluding carboxylic acids is 2. The van der Waals surface area contributed by atoms with Crippen molar-refractivity contribution in [2.24, 2.45) is 5.92 Å². The quantitative estimate of drug-likeness (QED) is 0.785. The van der Waals surface area contributed by atoms with Crippen molar-refractivity contribution in [3.8, 4) is 0 Å². The van der Waals surface area contributed by atoms with Crippen molar-refractivity contribution in [1.29, 1.82) is 0 Å². The zero-order chi connectivity index (χ0) is 17.5. The van der Waals surface area contributed by atoms with E-state index in [1.807, 2.05) is 32.9 Å². The van der Waals surface area contributed by atoms with Crippen LogP contribution in [0.3, 0.4) is 0 Å². The second-order valence-corrected chi connectivity index (χ2v) is 5.83. The summed E-state index contributed by atoms with van der Waals surface area (Å²) in [5.41, 5.74) is 2.22. The van der Waals surface area contributed by atoms with Gasteiger partial charge in [-0.1, -0.05) is 19.9 Å². The molecule has 0 radical (unpaired) electrons. The van der Waals surface area contributed by atoms with Gasteiger partial charge in [-0.15, -0.1) is 0 Å². The summed E-state index contributed by atoms with van der Waals surface area (Å²) in [6, 6.07) is 10.3. The van der Waals surface area contributed by atoms with E-state index in [4.69, 9.17) is 0 Å². The van der Waals surface area contributed by atoms with Crippen molar-refractivity contribution >= 4 is 23.3 Å². The maximum Gasteiger partial charge on any atom is 0.319 e. The van der Waals surface area contributed by atoms with E-state index in [0.717, 1.165) is 5.56 Å². The Morgan fingerprint density at radius 3 is 2.21 bits per heavy atom. The summed E-state index contributed by atoms with van der Waals surface area (Å²) in [4.78, 5) is 27.8. The molecule has 0 aliphatic carbocycles. The molecule has 6 heteroatoms. The van der Waals surface area contributed by atoms with Crippen LogP contribution in [-0.4, -0.2) is 16.9 Å². The van der Waals surface area contributed by atoms with Crippen LogP contribution in [0.5, 0.6) is 0 Å². The van der Waals surface area contributed by atoms with E-state index in [2.05, 4.69) is 20.9 Å². The average molecular weight is 326 g/mol. The Kier molecular flexibility index (Phi) is 5.89. The highest BCUT2D eigenvalue weighted by Gasteiger charge is 2.10. The first-order valence-corrected chi connectivity index (χ1v) is 7.84. The van der Waals surface area contributed by atoms with Crippen LogP contribution in [0.2, 0.25) is 0 Å². The number of benzene rings is 1. The number of anilines is 2. The van der Waals surface area contributed by atoms with E-state index >= 15 is 0 Å². The largest absolute Gasteiger partial charge is 0.331 e. The molecule has 0 aliphatic heterocycles. The molecule has 126 valence electrons. The van der Waals surface area contributed by atoms with Gasteiger partial charge in [0.15, 0.2) is 0 Å². The molecule has 0 spiro atoms. The first kappa shape index (κ1) is 17.5. The zero-order valence-electron chi connectivity index (χ0n) is 14.0. The fourth-order valence-electron chi connectivity index (χ4n) is 2.06. The second kappa shape index (κ2) is 8.10. The van der Waals surface area contributed by atoms with Crippen LogP contribution < -0.4 is 16.0 Å². The standard InChI is InChI=1S/C18H22N4O2/c1-12(2)17(23)21-15-5-4-6-16(11-15)22-18(24)20-13(3)14-7-9-19-10-8-14/h4-13H,1-3H3,(H,21,23)(H2,20,22,24). The van der Waals surface area contributed by atoms with Crippen LogP contribution in [0, 0.1) is 5.92 Å². The van der Waals surface area contributed by atoms with Crippen LogP contribution in [0.1, 0.15) is 32.4 Å². The highest BCUT2D eigenvalue weighted by atomic mass is 16.2. The number of pyridine rings is 1. The van der Waals surface area contributed by atoms with Crippen LogP contribution in [0.15, 0.2) is 48.8 Å². The molecule has 0 fully saturated rings. The minimum absolute atomic E-state index is 0.0667. The molecule has 0 bridgehead atoms. The summed E-state index contributed by atoms with van der Waals surface area (Å²) in [6.07, 6.45) is 3.37. The van der Waals surface area contributed by atoms with Gasteiger partial charge in [-0.3, -0.25) is 9.78 Å². The van der Waals surface area contributed by atoms with Crippen molar-refractivity contribution in [1.82, 2.24) is 10.3 Å². The predicted molar refractivity (Wildman–Crippen MR) is 94.7 cm³/mol. The molecular formula is C18H22N4O2. The molecule has 0 aliphatic rings. The number of hydrogen-bond donors (Lipinski definition) is 3. The van der Waals surface area contributed by atoms with Crippen LogP contribution >= 0.6 is 0 Å². The van der Waals surface area contributed by atoms with Gasteiger partial charge in [0.2, 0.25) is 5.91 Å². The van der Waals surface area contributed by atoms with Crippen molar-refractivity contribution in [3.05, 3.63) is 54.4 Å². The Morgan fingerprint density at radius 1 is 0.958 bits per heavy atom. The minimum Gasteiger partial charge on any atom is -0.331 e. The minimum atomic E-state index is -0.313. The predicted octanol–water partition coefficient (Wildman–Crippen LogP) is 3.56. The maximum atomic E-state index is 12.1. The Hall–Kier alpha value is -2.89. The maximum absolute atomic E-state index is 12.1. The first-order valence-electron chi connectivity index (χ1n) is 7.84. The van der Waals surface area contributed by atoms with E-state index in [-0.39, 0.29) is 23.9 Å². The van der Waals surface area contributed by atoms with Crippen molar-refractivity contribution in [2.45, 2.75) is 26.8 Å². The fourth-order valence-corrected chi connectivity index (χ4v) is 2.06. The van der Waals surface area contributed by atoms with Crippen LogP contribution in [0.25, 0.3) is 0 Å². The Morgan fingerprint density at radius 2 is 1.58 bits per heavy atom. The number of nitrogens with zero attached hydrogens (tertiary/aromatic N) is 1. The molecule has 1 heterocycles. The van der Waals surface area contributed by atoms with Gasteiger partial charge in [0.1, 0.15) is 0 Å². The Balaban J connectivity index is 1.95. The molecule has 6 nitrogen and oxygen atoms in total. The number of amides is 3. The van der Waals surface area contributed by atoms with Gasteiger partial charge < -0.3 is 16.0 Å². The summed E-state index contributed by atoms with van der Waals surface area (Å²) < 4.78 is 0. The first-order chi connectivity index (χ1) is 11.5. The number of carbonyl (C=O) groups is 2. The van der Waals surface area contributed by atoms with Crippen molar-refractivity contribution in [3.63, 3.8) is 0 Å². The average Bonchev–Trinajstić information content (AvgIpc) is 2.55. The molecule has 1 unspecified atom stereocenters. The fraction of sp³-hybridized carbons (Fsp3) is 0.278. The molecule has 1 aromatic heterocycles. The topological polar surface area (TPSA) is 83.1 Å².